The number of hydrogen-bond donors (Lipinski definition) is 1. The predicted octanol–water partition coefficient (Wildman–Crippen LogP) is 4.55. The first-order valence-corrected chi connectivity index (χ1v) is 6.91. The summed E-state index contributed by atoms with van der Waals surface area (Å²) in [5.74, 6) is 0.743. The molecular weight excluding hydrogens is 251 g/mol. The number of alkyl halides is 3. The van der Waals surface area contributed by atoms with Crippen molar-refractivity contribution in [2.24, 2.45) is 5.92 Å². The standard InChI is InChI=1S/C15H20F3N/c1-2-11-3-8-14(19-10-9-11)12-4-6-13(7-5-12)15(16,17)18/h4-7,11,14,19H,2-3,8-10H2,1H3. The van der Waals surface area contributed by atoms with Gasteiger partial charge in [0.05, 0.1) is 5.56 Å². The average molecular weight is 271 g/mol. The molecule has 0 aromatic heterocycles. The molecule has 1 fully saturated rings. The van der Waals surface area contributed by atoms with Crippen LogP contribution >= 0.6 is 0 Å². The third-order valence-electron chi connectivity index (χ3n) is 4.02. The Kier molecular flexibility index (Phi) is 4.50. The van der Waals surface area contributed by atoms with Crippen LogP contribution in [0.25, 0.3) is 0 Å². The zero-order valence-corrected chi connectivity index (χ0v) is 11.1. The molecule has 1 aliphatic heterocycles. The minimum absolute atomic E-state index is 0.193. The Bertz CT molecular complexity index is 397. The van der Waals surface area contributed by atoms with E-state index in [1.807, 2.05) is 0 Å². The van der Waals surface area contributed by atoms with Gasteiger partial charge in [0.25, 0.3) is 0 Å². The first-order chi connectivity index (χ1) is 9.00. The number of nitrogens with one attached hydrogen (secondary N) is 1. The smallest absolute Gasteiger partial charge is 0.310 e. The van der Waals surface area contributed by atoms with Crippen molar-refractivity contribution in [2.75, 3.05) is 6.54 Å². The summed E-state index contributed by atoms with van der Waals surface area (Å²) in [5.41, 5.74) is 0.390. The van der Waals surface area contributed by atoms with Crippen molar-refractivity contribution in [3.8, 4) is 0 Å². The Morgan fingerprint density at radius 3 is 2.37 bits per heavy atom. The predicted molar refractivity (Wildman–Crippen MR) is 69.8 cm³/mol. The van der Waals surface area contributed by atoms with Gasteiger partial charge in [-0.3, -0.25) is 0 Å². The lowest BCUT2D eigenvalue weighted by Crippen LogP contribution is -2.20. The van der Waals surface area contributed by atoms with E-state index < -0.39 is 11.7 Å². The topological polar surface area (TPSA) is 12.0 Å². The van der Waals surface area contributed by atoms with E-state index in [0.29, 0.717) is 0 Å². The summed E-state index contributed by atoms with van der Waals surface area (Å²) in [6.45, 7) is 3.15. The van der Waals surface area contributed by atoms with Gasteiger partial charge in [-0.25, -0.2) is 0 Å². The van der Waals surface area contributed by atoms with Crippen molar-refractivity contribution in [1.82, 2.24) is 5.32 Å². The Labute approximate surface area is 112 Å². The number of rotatable bonds is 2. The molecule has 19 heavy (non-hydrogen) atoms. The van der Waals surface area contributed by atoms with Crippen molar-refractivity contribution in [3.05, 3.63) is 35.4 Å². The highest BCUT2D eigenvalue weighted by Gasteiger charge is 2.30. The Morgan fingerprint density at radius 2 is 1.79 bits per heavy atom. The summed E-state index contributed by atoms with van der Waals surface area (Å²) in [5, 5.41) is 3.44. The van der Waals surface area contributed by atoms with E-state index in [0.717, 1.165) is 37.3 Å². The third-order valence-corrected chi connectivity index (χ3v) is 4.02. The van der Waals surface area contributed by atoms with Crippen molar-refractivity contribution < 1.29 is 13.2 Å². The summed E-state index contributed by atoms with van der Waals surface area (Å²) in [6.07, 6.45) is 0.247. The summed E-state index contributed by atoms with van der Waals surface area (Å²) in [6, 6.07) is 5.76. The quantitative estimate of drug-likeness (QED) is 0.832. The lowest BCUT2D eigenvalue weighted by molar-refractivity contribution is -0.137. The minimum Gasteiger partial charge on any atom is -0.310 e. The van der Waals surface area contributed by atoms with E-state index >= 15 is 0 Å². The molecule has 1 heterocycles. The molecule has 4 heteroatoms. The summed E-state index contributed by atoms with van der Waals surface area (Å²) in [4.78, 5) is 0. The second-order valence-corrected chi connectivity index (χ2v) is 5.27. The third kappa shape index (κ3) is 3.72. The van der Waals surface area contributed by atoms with Gasteiger partial charge < -0.3 is 5.32 Å². The second-order valence-electron chi connectivity index (χ2n) is 5.27. The maximum atomic E-state index is 12.5. The van der Waals surface area contributed by atoms with E-state index in [9.17, 15) is 13.2 Å². The van der Waals surface area contributed by atoms with Gasteiger partial charge >= 0.3 is 6.18 Å². The maximum absolute atomic E-state index is 12.5. The number of halogens is 3. The van der Waals surface area contributed by atoms with Crippen LogP contribution < -0.4 is 5.32 Å². The molecule has 1 aromatic carbocycles. The van der Waals surface area contributed by atoms with E-state index in [1.54, 1.807) is 12.1 Å². The van der Waals surface area contributed by atoms with Crippen molar-refractivity contribution in [3.63, 3.8) is 0 Å². The molecule has 1 nitrogen and oxygen atoms in total. The fourth-order valence-corrected chi connectivity index (χ4v) is 2.71. The van der Waals surface area contributed by atoms with Gasteiger partial charge in [-0.2, -0.15) is 13.2 Å². The van der Waals surface area contributed by atoms with E-state index in [-0.39, 0.29) is 6.04 Å². The van der Waals surface area contributed by atoms with Gasteiger partial charge in [-0.1, -0.05) is 25.5 Å². The molecule has 1 aliphatic rings. The van der Waals surface area contributed by atoms with Crippen LogP contribution in [0, 0.1) is 5.92 Å². The van der Waals surface area contributed by atoms with Crippen LogP contribution in [0.1, 0.15) is 49.8 Å². The summed E-state index contributed by atoms with van der Waals surface area (Å²) in [7, 11) is 0. The van der Waals surface area contributed by atoms with Crippen LogP contribution in [0.15, 0.2) is 24.3 Å². The Morgan fingerprint density at radius 1 is 1.11 bits per heavy atom. The fourth-order valence-electron chi connectivity index (χ4n) is 2.71. The highest BCUT2D eigenvalue weighted by Crippen LogP contribution is 2.32. The van der Waals surface area contributed by atoms with E-state index in [4.69, 9.17) is 0 Å². The molecular formula is C15H20F3N. The lowest BCUT2D eigenvalue weighted by Gasteiger charge is -2.17. The number of hydrogen-bond acceptors (Lipinski definition) is 1. The molecule has 1 saturated heterocycles. The van der Waals surface area contributed by atoms with Gasteiger partial charge in [0, 0.05) is 6.04 Å². The minimum atomic E-state index is -4.25. The SMILES string of the molecule is CCC1CCNC(c2ccc(C(F)(F)F)cc2)CC1. The van der Waals surface area contributed by atoms with Crippen LogP contribution in [-0.2, 0) is 6.18 Å². The van der Waals surface area contributed by atoms with E-state index in [1.165, 1.54) is 18.6 Å². The molecule has 0 radical (unpaired) electrons. The van der Waals surface area contributed by atoms with Crippen molar-refractivity contribution in [1.29, 1.82) is 0 Å². The van der Waals surface area contributed by atoms with Crippen LogP contribution in [0.3, 0.4) is 0 Å². The van der Waals surface area contributed by atoms with Gasteiger partial charge in [0.15, 0.2) is 0 Å². The van der Waals surface area contributed by atoms with Gasteiger partial charge in [0.1, 0.15) is 0 Å². The molecule has 0 aliphatic carbocycles. The van der Waals surface area contributed by atoms with Gasteiger partial charge in [0.2, 0.25) is 0 Å². The molecule has 2 rings (SSSR count). The molecule has 0 spiro atoms. The second kappa shape index (κ2) is 5.95. The average Bonchev–Trinajstić information content (AvgIpc) is 2.63. The first-order valence-electron chi connectivity index (χ1n) is 6.91. The van der Waals surface area contributed by atoms with Crippen molar-refractivity contribution >= 4 is 0 Å². The summed E-state index contributed by atoms with van der Waals surface area (Å²) >= 11 is 0. The Hall–Kier alpha value is -1.03. The fraction of sp³-hybridized carbons (Fsp3) is 0.600. The van der Waals surface area contributed by atoms with E-state index in [2.05, 4.69) is 12.2 Å². The van der Waals surface area contributed by atoms with Crippen LogP contribution in [-0.4, -0.2) is 6.54 Å². The van der Waals surface area contributed by atoms with Gasteiger partial charge in [-0.05, 0) is 49.4 Å². The largest absolute Gasteiger partial charge is 0.416 e. The van der Waals surface area contributed by atoms with Crippen LogP contribution in [0.5, 0.6) is 0 Å². The molecule has 0 amide bonds. The molecule has 2 unspecified atom stereocenters. The normalized spacial score (nSPS) is 25.1. The molecule has 106 valence electrons. The van der Waals surface area contributed by atoms with Crippen LogP contribution in [0.2, 0.25) is 0 Å². The molecule has 2 atom stereocenters. The summed E-state index contributed by atoms with van der Waals surface area (Å²) < 4.78 is 37.5. The van der Waals surface area contributed by atoms with Gasteiger partial charge in [-0.15, -0.1) is 0 Å². The zero-order chi connectivity index (χ0) is 13.9. The number of benzene rings is 1. The molecule has 0 bridgehead atoms. The highest BCUT2D eigenvalue weighted by molar-refractivity contribution is 5.27. The maximum Gasteiger partial charge on any atom is 0.416 e. The molecule has 1 N–H and O–H groups in total. The zero-order valence-electron chi connectivity index (χ0n) is 11.1. The first kappa shape index (κ1) is 14.4. The molecule has 0 saturated carbocycles. The van der Waals surface area contributed by atoms with Crippen LogP contribution in [0.4, 0.5) is 13.2 Å². The van der Waals surface area contributed by atoms with Crippen molar-refractivity contribution in [2.45, 2.75) is 44.8 Å². The Balaban J connectivity index is 2.06. The molecule has 1 aromatic rings. The monoisotopic (exact) mass is 271 g/mol. The highest BCUT2D eigenvalue weighted by atomic mass is 19.4. The lowest BCUT2D eigenvalue weighted by atomic mass is 9.94.